The van der Waals surface area contributed by atoms with Crippen molar-refractivity contribution in [3.05, 3.63) is 264 Å². The number of para-hydroxylation sites is 4. The Morgan fingerprint density at radius 3 is 1.38 bits per heavy atom. The molecule has 9 aromatic carbocycles. The predicted molar refractivity (Wildman–Crippen MR) is 278 cm³/mol. The normalized spacial score (nSPS) is 14.1. The highest BCUT2D eigenvalue weighted by atomic mass is 15.0. The third kappa shape index (κ3) is 6.04. The molecular formula is C63H45N3. The summed E-state index contributed by atoms with van der Waals surface area (Å²) in [6, 6.07) is 82.4. The molecule has 0 fully saturated rings. The first-order chi connectivity index (χ1) is 32.7. The maximum Gasteiger partial charge on any atom is 0.0548 e. The smallest absolute Gasteiger partial charge is 0.0548 e. The van der Waals surface area contributed by atoms with Gasteiger partial charge in [-0.1, -0.05) is 171 Å². The van der Waals surface area contributed by atoms with Crippen molar-refractivity contribution in [2.24, 2.45) is 5.92 Å². The maximum absolute atomic E-state index is 2.47. The SMILES string of the molecule is CC1C=Cc2c(c3ccccc3n2-c2cccc(/C(=C(\c3ccccc3)c3ccc(-n4c5ccccc5c5cc6c(cc54)c4ccccc4n6-c4ccccc4)cc3)c3ccccc3)c2)C1. The Balaban J connectivity index is 1.02. The van der Waals surface area contributed by atoms with Gasteiger partial charge >= 0.3 is 0 Å². The molecule has 3 aromatic heterocycles. The zero-order valence-electron chi connectivity index (χ0n) is 36.6. The van der Waals surface area contributed by atoms with Crippen LogP contribution < -0.4 is 0 Å². The molecule has 0 radical (unpaired) electrons. The molecule has 1 unspecified atom stereocenters. The lowest BCUT2D eigenvalue weighted by atomic mass is 9.85. The van der Waals surface area contributed by atoms with E-state index in [9.17, 15) is 0 Å². The van der Waals surface area contributed by atoms with E-state index in [1.807, 2.05) is 0 Å². The average molecular weight is 844 g/mol. The standard InChI is InChI=1S/C63H45N3/c1-42-32-37-59-53(38-42)50-26-11-16-31-58(50)66(59)49-25-17-22-46(39-49)63(44-20-7-3-8-21-44)62(43-18-5-2-6-19-43)45-33-35-48(36-34-45)65-57-30-15-13-28-52(57)55-40-60-54(41-61(55)65)51-27-12-14-29-56(51)64(60)47-23-9-4-10-24-47/h2-37,39-42H,38H2,1H3/b63-62+. The maximum atomic E-state index is 2.47. The van der Waals surface area contributed by atoms with Crippen LogP contribution in [0.1, 0.15) is 40.4 Å². The molecule has 0 N–H and O–H groups in total. The molecule has 312 valence electrons. The molecule has 0 spiro atoms. The fourth-order valence-electron chi connectivity index (χ4n) is 10.9. The lowest BCUT2D eigenvalue weighted by molar-refractivity contribution is 0.718. The Hall–Kier alpha value is -8.40. The molecule has 0 bridgehead atoms. The van der Waals surface area contributed by atoms with E-state index in [1.54, 1.807) is 0 Å². The zero-order valence-corrected chi connectivity index (χ0v) is 36.6. The topological polar surface area (TPSA) is 14.8 Å². The summed E-state index contributed by atoms with van der Waals surface area (Å²) in [5.74, 6) is 0.509. The van der Waals surface area contributed by atoms with Crippen LogP contribution in [0.4, 0.5) is 0 Å². The largest absolute Gasteiger partial charge is 0.310 e. The average Bonchev–Trinajstić information content (AvgIpc) is 4.01. The van der Waals surface area contributed by atoms with Crippen LogP contribution in [0.25, 0.3) is 88.8 Å². The lowest BCUT2D eigenvalue weighted by Gasteiger charge is -2.20. The summed E-state index contributed by atoms with van der Waals surface area (Å²) in [5, 5.41) is 6.30. The van der Waals surface area contributed by atoms with Crippen LogP contribution in [-0.4, -0.2) is 13.7 Å². The second kappa shape index (κ2) is 15.4. The van der Waals surface area contributed by atoms with Crippen molar-refractivity contribution < 1.29 is 0 Å². The van der Waals surface area contributed by atoms with Crippen LogP contribution in [0.5, 0.6) is 0 Å². The van der Waals surface area contributed by atoms with Crippen LogP contribution in [0.3, 0.4) is 0 Å². The minimum atomic E-state index is 0.509. The molecule has 3 heteroatoms. The molecule has 12 aromatic rings. The summed E-state index contributed by atoms with van der Waals surface area (Å²) in [7, 11) is 0. The Labute approximate surface area is 384 Å². The molecule has 0 saturated heterocycles. The van der Waals surface area contributed by atoms with Gasteiger partial charge in [0.1, 0.15) is 0 Å². The molecule has 13 rings (SSSR count). The lowest BCUT2D eigenvalue weighted by Crippen LogP contribution is -2.05. The van der Waals surface area contributed by atoms with E-state index in [4.69, 9.17) is 0 Å². The fraction of sp³-hybridized carbons (Fsp3) is 0.0476. The van der Waals surface area contributed by atoms with Crippen LogP contribution in [0.2, 0.25) is 0 Å². The monoisotopic (exact) mass is 843 g/mol. The predicted octanol–water partition coefficient (Wildman–Crippen LogP) is 16.0. The zero-order chi connectivity index (χ0) is 43.7. The summed E-state index contributed by atoms with van der Waals surface area (Å²) < 4.78 is 7.33. The van der Waals surface area contributed by atoms with Crippen molar-refractivity contribution in [2.75, 3.05) is 0 Å². The van der Waals surface area contributed by atoms with Gasteiger partial charge in [-0.2, -0.15) is 0 Å². The van der Waals surface area contributed by atoms with Crippen molar-refractivity contribution in [1.82, 2.24) is 13.7 Å². The van der Waals surface area contributed by atoms with Gasteiger partial charge in [0.05, 0.1) is 27.6 Å². The molecule has 0 saturated carbocycles. The van der Waals surface area contributed by atoms with E-state index in [1.165, 1.54) is 93.6 Å². The molecule has 1 aliphatic rings. The second-order valence-electron chi connectivity index (χ2n) is 17.8. The van der Waals surface area contributed by atoms with E-state index >= 15 is 0 Å². The Kier molecular flexibility index (Phi) is 8.89. The number of rotatable bonds is 7. The highest BCUT2D eigenvalue weighted by Crippen LogP contribution is 2.42. The number of benzene rings is 9. The first-order valence-electron chi connectivity index (χ1n) is 23.1. The summed E-state index contributed by atoms with van der Waals surface area (Å²) in [4.78, 5) is 0. The third-order valence-electron chi connectivity index (χ3n) is 13.8. The number of allylic oxidation sites excluding steroid dienone is 1. The molecule has 0 amide bonds. The number of hydrogen-bond acceptors (Lipinski definition) is 0. The van der Waals surface area contributed by atoms with Crippen molar-refractivity contribution in [3.8, 4) is 17.1 Å². The molecule has 1 atom stereocenters. The third-order valence-corrected chi connectivity index (χ3v) is 13.8. The Bertz CT molecular complexity index is 3880. The molecule has 3 nitrogen and oxygen atoms in total. The molecular weight excluding hydrogens is 799 g/mol. The van der Waals surface area contributed by atoms with Gasteiger partial charge in [0, 0.05) is 49.7 Å². The first kappa shape index (κ1) is 38.1. The van der Waals surface area contributed by atoms with Crippen molar-refractivity contribution in [2.45, 2.75) is 13.3 Å². The van der Waals surface area contributed by atoms with Gasteiger partial charge in [-0.15, -0.1) is 0 Å². The summed E-state index contributed by atoms with van der Waals surface area (Å²) in [6.45, 7) is 2.31. The number of aromatic nitrogens is 3. The van der Waals surface area contributed by atoms with Gasteiger partial charge in [-0.05, 0) is 124 Å². The van der Waals surface area contributed by atoms with Gasteiger partial charge < -0.3 is 13.7 Å². The fourth-order valence-corrected chi connectivity index (χ4v) is 10.9. The molecule has 66 heavy (non-hydrogen) atoms. The van der Waals surface area contributed by atoms with E-state index in [2.05, 4.69) is 257 Å². The van der Waals surface area contributed by atoms with E-state index < -0.39 is 0 Å². The van der Waals surface area contributed by atoms with Gasteiger partial charge in [0.15, 0.2) is 0 Å². The highest BCUT2D eigenvalue weighted by Gasteiger charge is 2.23. The summed E-state index contributed by atoms with van der Waals surface area (Å²) in [5.41, 5.74) is 19.3. The number of hydrogen-bond donors (Lipinski definition) is 0. The molecule has 1 aliphatic carbocycles. The number of nitrogens with zero attached hydrogens (tertiary/aromatic N) is 3. The summed E-state index contributed by atoms with van der Waals surface area (Å²) in [6.07, 6.45) is 5.74. The van der Waals surface area contributed by atoms with E-state index in [0.717, 1.165) is 29.0 Å². The van der Waals surface area contributed by atoms with Crippen LogP contribution in [0, 0.1) is 5.92 Å². The van der Waals surface area contributed by atoms with Gasteiger partial charge in [-0.25, -0.2) is 0 Å². The van der Waals surface area contributed by atoms with E-state index in [-0.39, 0.29) is 0 Å². The van der Waals surface area contributed by atoms with Crippen LogP contribution >= 0.6 is 0 Å². The molecule has 3 heterocycles. The highest BCUT2D eigenvalue weighted by molar-refractivity contribution is 6.19. The van der Waals surface area contributed by atoms with Crippen LogP contribution in [0.15, 0.2) is 231 Å². The van der Waals surface area contributed by atoms with Crippen molar-refractivity contribution in [3.63, 3.8) is 0 Å². The minimum absolute atomic E-state index is 0.509. The van der Waals surface area contributed by atoms with E-state index in [0.29, 0.717) is 5.92 Å². The Morgan fingerprint density at radius 1 is 0.348 bits per heavy atom. The van der Waals surface area contributed by atoms with Crippen LogP contribution in [-0.2, 0) is 6.42 Å². The van der Waals surface area contributed by atoms with Crippen molar-refractivity contribution in [1.29, 1.82) is 0 Å². The summed E-state index contributed by atoms with van der Waals surface area (Å²) >= 11 is 0. The minimum Gasteiger partial charge on any atom is -0.310 e. The molecule has 0 aliphatic heterocycles. The van der Waals surface area contributed by atoms with Gasteiger partial charge in [-0.3, -0.25) is 0 Å². The Morgan fingerprint density at radius 2 is 0.788 bits per heavy atom. The van der Waals surface area contributed by atoms with Gasteiger partial charge in [0.2, 0.25) is 0 Å². The van der Waals surface area contributed by atoms with Gasteiger partial charge in [0.25, 0.3) is 0 Å². The first-order valence-corrected chi connectivity index (χ1v) is 23.1. The van der Waals surface area contributed by atoms with Crippen molar-refractivity contribution >= 4 is 71.7 Å². The quantitative estimate of drug-likeness (QED) is 0.142. The number of fused-ring (bicyclic) bond motifs is 9. The second-order valence-corrected chi connectivity index (χ2v) is 17.8.